The average Bonchev–Trinajstić information content (AvgIpc) is 3.27. The molecule has 0 bridgehead atoms. The van der Waals surface area contributed by atoms with Gasteiger partial charge in [-0.3, -0.25) is 4.79 Å². The predicted octanol–water partition coefficient (Wildman–Crippen LogP) is 3.90. The number of methoxy groups -OCH3 is 2. The first-order valence-corrected chi connectivity index (χ1v) is 10.6. The molecule has 1 unspecified atom stereocenters. The first-order valence-electron chi connectivity index (χ1n) is 10.3. The molecule has 33 heavy (non-hydrogen) atoms. The molecule has 1 N–H and O–H groups in total. The number of hydrogen-bond donors (Lipinski definition) is 1. The lowest BCUT2D eigenvalue weighted by atomic mass is 10.0. The van der Waals surface area contributed by atoms with Crippen molar-refractivity contribution < 1.29 is 9.47 Å². The molecule has 9 heteroatoms. The highest BCUT2D eigenvalue weighted by molar-refractivity contribution is 6.32. The normalized spacial score (nSPS) is 11.8. The maximum atomic E-state index is 12.9. The summed E-state index contributed by atoms with van der Waals surface area (Å²) in [6.45, 7) is 0.329. The Hall–Kier alpha value is -3.78. The van der Waals surface area contributed by atoms with Crippen molar-refractivity contribution in [1.29, 1.82) is 0 Å². The minimum absolute atomic E-state index is 0.0509. The van der Waals surface area contributed by atoms with Crippen LogP contribution >= 0.6 is 11.6 Å². The van der Waals surface area contributed by atoms with Crippen LogP contribution in [0, 0.1) is 0 Å². The minimum atomic E-state index is -0.447. The van der Waals surface area contributed by atoms with Crippen molar-refractivity contribution in [2.24, 2.45) is 7.05 Å². The summed E-state index contributed by atoms with van der Waals surface area (Å²) in [5.41, 5.74) is 1.80. The highest BCUT2D eigenvalue weighted by Gasteiger charge is 2.22. The number of nitrogens with one attached hydrogen (secondary N) is 1. The second-order valence-electron chi connectivity index (χ2n) is 7.44. The third-order valence-corrected chi connectivity index (χ3v) is 5.65. The van der Waals surface area contributed by atoms with E-state index in [0.29, 0.717) is 23.7 Å². The van der Waals surface area contributed by atoms with Crippen LogP contribution in [0.4, 0.5) is 5.69 Å². The van der Waals surface area contributed by atoms with Crippen molar-refractivity contribution in [3.63, 3.8) is 0 Å². The number of halogens is 1. The topological polar surface area (TPSA) is 83.2 Å². The predicted molar refractivity (Wildman–Crippen MR) is 127 cm³/mol. The van der Waals surface area contributed by atoms with Gasteiger partial charge in [-0.15, -0.1) is 0 Å². The molecule has 0 spiro atoms. The van der Waals surface area contributed by atoms with Crippen LogP contribution in [0.5, 0.6) is 11.5 Å². The Morgan fingerprint density at radius 1 is 1.09 bits per heavy atom. The van der Waals surface area contributed by atoms with E-state index >= 15 is 0 Å². The zero-order valence-electron chi connectivity index (χ0n) is 18.5. The van der Waals surface area contributed by atoms with Gasteiger partial charge in [0, 0.05) is 25.5 Å². The molecule has 2 heterocycles. The molecule has 2 aromatic heterocycles. The molecule has 4 rings (SSSR count). The fourth-order valence-corrected chi connectivity index (χ4v) is 3.74. The molecule has 2 aromatic carbocycles. The van der Waals surface area contributed by atoms with Gasteiger partial charge in [-0.2, -0.15) is 5.10 Å². The van der Waals surface area contributed by atoms with Gasteiger partial charge >= 0.3 is 0 Å². The summed E-state index contributed by atoms with van der Waals surface area (Å²) in [4.78, 5) is 17.4. The summed E-state index contributed by atoms with van der Waals surface area (Å²) >= 11 is 6.50. The molecule has 8 nitrogen and oxygen atoms in total. The number of rotatable bonds is 8. The van der Waals surface area contributed by atoms with Gasteiger partial charge in [0.1, 0.15) is 28.4 Å². The Balaban J connectivity index is 1.73. The number of aryl methyl sites for hydroxylation is 1. The molecule has 0 aliphatic heterocycles. The zero-order valence-corrected chi connectivity index (χ0v) is 19.3. The molecule has 0 amide bonds. The van der Waals surface area contributed by atoms with Crippen LogP contribution in [0.2, 0.25) is 5.02 Å². The van der Waals surface area contributed by atoms with Gasteiger partial charge in [0.25, 0.3) is 5.56 Å². The Morgan fingerprint density at radius 2 is 1.79 bits per heavy atom. The summed E-state index contributed by atoms with van der Waals surface area (Å²) in [5, 5.41) is 7.72. The largest absolute Gasteiger partial charge is 0.497 e. The van der Waals surface area contributed by atoms with Gasteiger partial charge in [-0.1, -0.05) is 41.9 Å². The maximum absolute atomic E-state index is 12.9. The van der Waals surface area contributed by atoms with E-state index in [1.165, 1.54) is 4.68 Å². The first-order chi connectivity index (χ1) is 16.0. The Bertz CT molecular complexity index is 1280. The Morgan fingerprint density at radius 3 is 2.39 bits per heavy atom. The van der Waals surface area contributed by atoms with Crippen LogP contribution in [-0.2, 0) is 13.6 Å². The fraction of sp³-hybridized carbons (Fsp3) is 0.208. The van der Waals surface area contributed by atoms with E-state index in [4.69, 9.17) is 21.1 Å². The molecule has 0 aliphatic carbocycles. The van der Waals surface area contributed by atoms with Crippen molar-refractivity contribution in [3.8, 4) is 11.5 Å². The number of hydrogen-bond acceptors (Lipinski definition) is 6. The highest BCUT2D eigenvalue weighted by Crippen LogP contribution is 2.32. The van der Waals surface area contributed by atoms with E-state index in [1.807, 2.05) is 60.3 Å². The molecule has 0 saturated heterocycles. The van der Waals surface area contributed by atoms with Crippen molar-refractivity contribution in [2.45, 2.75) is 12.6 Å². The Labute approximate surface area is 196 Å². The number of ether oxygens (including phenoxy) is 2. The van der Waals surface area contributed by atoms with Gasteiger partial charge in [0.15, 0.2) is 0 Å². The quantitative estimate of drug-likeness (QED) is 0.425. The van der Waals surface area contributed by atoms with E-state index in [0.717, 1.165) is 17.0 Å². The zero-order chi connectivity index (χ0) is 23.4. The maximum Gasteiger partial charge on any atom is 0.287 e. The number of imidazole rings is 1. The number of aromatic nitrogens is 4. The molecule has 4 aromatic rings. The third kappa shape index (κ3) is 4.85. The molecular weight excluding hydrogens is 442 g/mol. The Kier molecular flexibility index (Phi) is 6.65. The van der Waals surface area contributed by atoms with Gasteiger partial charge in [-0.05, 0) is 23.3 Å². The summed E-state index contributed by atoms with van der Waals surface area (Å²) in [5.74, 6) is 1.98. The molecule has 170 valence electrons. The highest BCUT2D eigenvalue weighted by atomic mass is 35.5. The van der Waals surface area contributed by atoms with Crippen molar-refractivity contribution in [2.75, 3.05) is 19.5 Å². The summed E-state index contributed by atoms with van der Waals surface area (Å²) in [6.07, 6.45) is 5.11. The SMILES string of the molecule is COc1cc(OC)cc(C(Nc2cnn(Cc3ccccc3)c(=O)c2Cl)c2nccn2C)c1. The molecule has 0 saturated carbocycles. The van der Waals surface area contributed by atoms with Crippen LogP contribution in [0.3, 0.4) is 0 Å². The van der Waals surface area contributed by atoms with E-state index in [1.54, 1.807) is 32.7 Å². The molecule has 0 fully saturated rings. The van der Waals surface area contributed by atoms with E-state index < -0.39 is 6.04 Å². The van der Waals surface area contributed by atoms with E-state index in [9.17, 15) is 4.79 Å². The number of anilines is 1. The van der Waals surface area contributed by atoms with Crippen LogP contribution in [0.1, 0.15) is 23.0 Å². The van der Waals surface area contributed by atoms with Crippen LogP contribution in [0.25, 0.3) is 0 Å². The second-order valence-corrected chi connectivity index (χ2v) is 7.82. The lowest BCUT2D eigenvalue weighted by Gasteiger charge is -2.22. The van der Waals surface area contributed by atoms with Gasteiger partial charge in [0.2, 0.25) is 0 Å². The monoisotopic (exact) mass is 465 g/mol. The first kappa shape index (κ1) is 22.4. The van der Waals surface area contributed by atoms with Gasteiger partial charge in [0.05, 0.1) is 32.6 Å². The molecule has 0 radical (unpaired) electrons. The smallest absolute Gasteiger partial charge is 0.287 e. The van der Waals surface area contributed by atoms with Crippen molar-refractivity contribution in [3.05, 3.63) is 99.4 Å². The van der Waals surface area contributed by atoms with E-state index in [2.05, 4.69) is 15.4 Å². The standard InChI is InChI=1S/C24H24ClN5O3/c1-29-10-9-26-23(29)22(17-11-18(32-2)13-19(12-17)33-3)28-20-14-27-30(24(31)21(20)25)15-16-7-5-4-6-8-16/h4-14,22,28H,15H2,1-3H3. The van der Waals surface area contributed by atoms with Gasteiger partial charge in [-0.25, -0.2) is 9.67 Å². The summed E-state index contributed by atoms with van der Waals surface area (Å²) in [7, 11) is 5.08. The lowest BCUT2D eigenvalue weighted by molar-refractivity contribution is 0.393. The van der Waals surface area contributed by atoms with Crippen LogP contribution in [-0.4, -0.2) is 33.6 Å². The van der Waals surface area contributed by atoms with Crippen LogP contribution < -0.4 is 20.3 Å². The second kappa shape index (κ2) is 9.79. The molecule has 0 aliphatic rings. The van der Waals surface area contributed by atoms with Crippen LogP contribution in [0.15, 0.2) is 71.9 Å². The van der Waals surface area contributed by atoms with E-state index in [-0.39, 0.29) is 10.6 Å². The molecule has 1 atom stereocenters. The lowest BCUT2D eigenvalue weighted by Crippen LogP contribution is -2.26. The molecular formula is C24H24ClN5O3. The minimum Gasteiger partial charge on any atom is -0.497 e. The average molecular weight is 466 g/mol. The van der Waals surface area contributed by atoms with Gasteiger partial charge < -0.3 is 19.4 Å². The third-order valence-electron chi connectivity index (χ3n) is 5.28. The fourth-order valence-electron chi connectivity index (χ4n) is 3.54. The summed E-state index contributed by atoms with van der Waals surface area (Å²) in [6, 6.07) is 14.7. The van der Waals surface area contributed by atoms with Crippen molar-refractivity contribution in [1.82, 2.24) is 19.3 Å². The van der Waals surface area contributed by atoms with Crippen molar-refractivity contribution >= 4 is 17.3 Å². The number of nitrogens with zero attached hydrogens (tertiary/aromatic N) is 4. The number of benzene rings is 2. The summed E-state index contributed by atoms with van der Waals surface area (Å²) < 4.78 is 14.1.